The molecule has 37 heavy (non-hydrogen) atoms. The zero-order valence-electron chi connectivity index (χ0n) is 21.0. The molecule has 0 aliphatic carbocycles. The Morgan fingerprint density at radius 1 is 0.919 bits per heavy atom. The van der Waals surface area contributed by atoms with Crippen LogP contribution in [0.2, 0.25) is 5.02 Å². The van der Waals surface area contributed by atoms with Gasteiger partial charge < -0.3 is 10.2 Å². The van der Waals surface area contributed by atoms with Gasteiger partial charge in [0, 0.05) is 38.0 Å². The molecule has 1 N–H and O–H groups in total. The number of hydrogen-bond acceptors (Lipinski definition) is 4. The summed E-state index contributed by atoms with van der Waals surface area (Å²) in [6, 6.07) is 24.7. The second-order valence-electron chi connectivity index (χ2n) is 8.71. The Hall–Kier alpha value is -3.36. The first kappa shape index (κ1) is 28.2. The number of benzene rings is 3. The van der Waals surface area contributed by atoms with E-state index in [1.54, 1.807) is 42.3 Å². The van der Waals surface area contributed by atoms with Crippen molar-refractivity contribution in [3.63, 3.8) is 0 Å². The molecule has 0 bridgehead atoms. The van der Waals surface area contributed by atoms with E-state index in [1.807, 2.05) is 54.6 Å². The third-order valence-electron chi connectivity index (χ3n) is 6.01. The maximum atomic E-state index is 13.6. The van der Waals surface area contributed by atoms with Gasteiger partial charge in [-0.25, -0.2) is 8.42 Å². The third kappa shape index (κ3) is 8.06. The van der Waals surface area contributed by atoms with E-state index in [-0.39, 0.29) is 37.7 Å². The number of hydrogen-bond donors (Lipinski definition) is 1. The molecule has 1 atom stereocenters. The summed E-state index contributed by atoms with van der Waals surface area (Å²) in [6.45, 7) is 0.287. The number of para-hydroxylation sites is 1. The van der Waals surface area contributed by atoms with Crippen LogP contribution in [-0.4, -0.2) is 51.0 Å². The second-order valence-corrected chi connectivity index (χ2v) is 11.0. The molecule has 7 nitrogen and oxygen atoms in total. The summed E-state index contributed by atoms with van der Waals surface area (Å²) in [4.78, 5) is 28.2. The molecular formula is C28H32ClN3O4S. The van der Waals surface area contributed by atoms with Crippen LogP contribution < -0.4 is 9.62 Å². The predicted molar refractivity (Wildman–Crippen MR) is 148 cm³/mol. The fourth-order valence-electron chi connectivity index (χ4n) is 4.13. The average Bonchev–Trinajstić information content (AvgIpc) is 2.89. The van der Waals surface area contributed by atoms with Crippen molar-refractivity contribution in [2.45, 2.75) is 31.8 Å². The molecule has 0 aliphatic heterocycles. The fourth-order valence-corrected chi connectivity index (χ4v) is 5.29. The maximum absolute atomic E-state index is 13.6. The highest BCUT2D eigenvalue weighted by Crippen LogP contribution is 2.22. The molecule has 9 heteroatoms. The number of carbonyl (C=O) groups excluding carboxylic acids is 2. The predicted octanol–water partition coefficient (Wildman–Crippen LogP) is 4.27. The van der Waals surface area contributed by atoms with Gasteiger partial charge in [-0.2, -0.15) is 0 Å². The monoisotopic (exact) mass is 541 g/mol. The highest BCUT2D eigenvalue weighted by Gasteiger charge is 2.30. The largest absolute Gasteiger partial charge is 0.357 e. The topological polar surface area (TPSA) is 86.8 Å². The standard InChI is InChI=1S/C28H32ClN3O4S/c1-30-28(34)26(20-22-12-5-3-6-13-22)31(21-23-14-9-10-17-25(23)29)27(33)18-11-19-32(37(2,35)36)24-15-7-4-8-16-24/h3-10,12-17,26H,11,18-21H2,1-2H3,(H,30,34)/t26-/m1/s1. The van der Waals surface area contributed by atoms with E-state index in [4.69, 9.17) is 11.6 Å². The Labute approximate surface area is 224 Å². The molecular weight excluding hydrogens is 510 g/mol. The van der Waals surface area contributed by atoms with Crippen molar-refractivity contribution in [3.05, 3.63) is 101 Å². The average molecular weight is 542 g/mol. The lowest BCUT2D eigenvalue weighted by Gasteiger charge is -2.32. The summed E-state index contributed by atoms with van der Waals surface area (Å²) in [5, 5.41) is 3.19. The van der Waals surface area contributed by atoms with Crippen LogP contribution >= 0.6 is 11.6 Å². The molecule has 3 aromatic rings. The lowest BCUT2D eigenvalue weighted by molar-refractivity contribution is -0.141. The van der Waals surface area contributed by atoms with Crippen LogP contribution in [0, 0.1) is 0 Å². The van der Waals surface area contributed by atoms with Gasteiger partial charge in [0.1, 0.15) is 6.04 Å². The minimum absolute atomic E-state index is 0.0611. The van der Waals surface area contributed by atoms with E-state index in [9.17, 15) is 18.0 Å². The van der Waals surface area contributed by atoms with Crippen molar-refractivity contribution in [2.75, 3.05) is 24.2 Å². The Bertz CT molecular complexity index is 1290. The number of halogens is 1. The van der Waals surface area contributed by atoms with Crippen molar-refractivity contribution in [3.8, 4) is 0 Å². The van der Waals surface area contributed by atoms with Crippen molar-refractivity contribution in [1.29, 1.82) is 0 Å². The first-order valence-electron chi connectivity index (χ1n) is 12.0. The molecule has 0 saturated heterocycles. The number of likely N-dealkylation sites (N-methyl/N-ethyl adjacent to an activating group) is 1. The summed E-state index contributed by atoms with van der Waals surface area (Å²) >= 11 is 6.40. The summed E-state index contributed by atoms with van der Waals surface area (Å²) in [5.41, 5.74) is 2.18. The van der Waals surface area contributed by atoms with Crippen LogP contribution in [0.3, 0.4) is 0 Å². The number of anilines is 1. The fraction of sp³-hybridized carbons (Fsp3) is 0.286. The molecule has 3 rings (SSSR count). The molecule has 0 fully saturated rings. The van der Waals surface area contributed by atoms with Gasteiger partial charge in [0.2, 0.25) is 21.8 Å². The maximum Gasteiger partial charge on any atom is 0.242 e. The van der Waals surface area contributed by atoms with E-state index in [2.05, 4.69) is 5.32 Å². The third-order valence-corrected chi connectivity index (χ3v) is 7.58. The minimum atomic E-state index is -3.54. The van der Waals surface area contributed by atoms with Gasteiger partial charge in [0.25, 0.3) is 0 Å². The Morgan fingerprint density at radius 3 is 2.11 bits per heavy atom. The first-order valence-corrected chi connectivity index (χ1v) is 14.2. The van der Waals surface area contributed by atoms with Gasteiger partial charge >= 0.3 is 0 Å². The van der Waals surface area contributed by atoms with Gasteiger partial charge in [-0.05, 0) is 35.7 Å². The number of nitrogens with zero attached hydrogens (tertiary/aromatic N) is 2. The number of amides is 2. The molecule has 3 aromatic carbocycles. The van der Waals surface area contributed by atoms with Crippen molar-refractivity contribution < 1.29 is 18.0 Å². The number of carbonyl (C=O) groups is 2. The summed E-state index contributed by atoms with van der Waals surface area (Å²) in [5.74, 6) is -0.544. The molecule has 0 unspecified atom stereocenters. The van der Waals surface area contributed by atoms with Crippen LogP contribution in [0.5, 0.6) is 0 Å². The van der Waals surface area contributed by atoms with Gasteiger partial charge in [0.05, 0.1) is 11.9 Å². The van der Waals surface area contributed by atoms with Crippen molar-refractivity contribution in [1.82, 2.24) is 10.2 Å². The highest BCUT2D eigenvalue weighted by molar-refractivity contribution is 7.92. The Kier molecular flexibility index (Phi) is 10.1. The first-order chi connectivity index (χ1) is 17.7. The number of sulfonamides is 1. The van der Waals surface area contributed by atoms with E-state index in [1.165, 1.54) is 4.31 Å². The van der Waals surface area contributed by atoms with Gasteiger partial charge in [-0.15, -0.1) is 0 Å². The number of nitrogens with one attached hydrogen (secondary N) is 1. The van der Waals surface area contributed by atoms with Crippen molar-refractivity contribution in [2.24, 2.45) is 0 Å². The zero-order chi connectivity index (χ0) is 26.8. The lowest BCUT2D eigenvalue weighted by Crippen LogP contribution is -2.49. The normalized spacial score (nSPS) is 12.0. The smallest absolute Gasteiger partial charge is 0.242 e. The van der Waals surface area contributed by atoms with Crippen LogP contribution in [0.25, 0.3) is 0 Å². The molecule has 0 spiro atoms. The van der Waals surface area contributed by atoms with Crippen LogP contribution in [0.1, 0.15) is 24.0 Å². The van der Waals surface area contributed by atoms with E-state index in [0.717, 1.165) is 17.4 Å². The molecule has 0 saturated carbocycles. The Morgan fingerprint density at radius 2 is 1.51 bits per heavy atom. The quantitative estimate of drug-likeness (QED) is 0.371. The van der Waals surface area contributed by atoms with E-state index in [0.29, 0.717) is 17.1 Å². The van der Waals surface area contributed by atoms with Crippen LogP contribution in [0.15, 0.2) is 84.9 Å². The molecule has 0 heterocycles. The molecule has 196 valence electrons. The molecule has 0 radical (unpaired) electrons. The van der Waals surface area contributed by atoms with E-state index < -0.39 is 16.1 Å². The number of rotatable bonds is 12. The van der Waals surface area contributed by atoms with Crippen LogP contribution in [-0.2, 0) is 32.6 Å². The SMILES string of the molecule is CNC(=O)[C@@H](Cc1ccccc1)N(Cc1ccccc1Cl)C(=O)CCCN(c1ccccc1)S(C)(=O)=O. The Balaban J connectivity index is 1.84. The van der Waals surface area contributed by atoms with Gasteiger partial charge in [0.15, 0.2) is 0 Å². The molecule has 0 aliphatic rings. The molecule has 2 amide bonds. The summed E-state index contributed by atoms with van der Waals surface area (Å²) in [6.07, 6.45) is 1.82. The van der Waals surface area contributed by atoms with Crippen LogP contribution in [0.4, 0.5) is 5.69 Å². The summed E-state index contributed by atoms with van der Waals surface area (Å²) < 4.78 is 26.1. The minimum Gasteiger partial charge on any atom is -0.357 e. The van der Waals surface area contributed by atoms with Gasteiger partial charge in [-0.1, -0.05) is 78.3 Å². The molecule has 0 aromatic heterocycles. The highest BCUT2D eigenvalue weighted by atomic mass is 35.5. The summed E-state index contributed by atoms with van der Waals surface area (Å²) in [7, 11) is -1.99. The van der Waals surface area contributed by atoms with E-state index >= 15 is 0 Å². The van der Waals surface area contributed by atoms with Crippen molar-refractivity contribution >= 4 is 39.1 Å². The van der Waals surface area contributed by atoms with Gasteiger partial charge in [-0.3, -0.25) is 13.9 Å². The lowest BCUT2D eigenvalue weighted by atomic mass is 10.0. The second kappa shape index (κ2) is 13.3. The zero-order valence-corrected chi connectivity index (χ0v) is 22.6.